The number of thioether (sulfide) groups is 1. The monoisotopic (exact) mass is 331 g/mol. The molecule has 1 heterocycles. The molecule has 0 aliphatic heterocycles. The van der Waals surface area contributed by atoms with Crippen molar-refractivity contribution < 1.29 is 9.18 Å². The molecule has 2 aromatic rings. The van der Waals surface area contributed by atoms with Crippen molar-refractivity contribution in [3.63, 3.8) is 0 Å². The summed E-state index contributed by atoms with van der Waals surface area (Å²) in [5, 5.41) is 17.3. The molecule has 2 N–H and O–H groups in total. The van der Waals surface area contributed by atoms with Crippen LogP contribution in [0.2, 0.25) is 0 Å². The maximum atomic E-state index is 13.8. The fourth-order valence-electron chi connectivity index (χ4n) is 1.89. The fraction of sp³-hybridized carbons (Fsp3) is 0.200. The number of allylic oxidation sites excluding steroid dienone is 2. The zero-order chi connectivity index (χ0) is 17.0. The molecule has 0 fully saturated rings. The lowest BCUT2D eigenvalue weighted by Gasteiger charge is -2.04. The van der Waals surface area contributed by atoms with Crippen molar-refractivity contribution in [2.75, 3.05) is 5.75 Å². The van der Waals surface area contributed by atoms with Gasteiger partial charge in [-0.2, -0.15) is 5.26 Å². The number of hydrogen-bond acceptors (Lipinski definition) is 6. The number of carbonyl (C=O) groups excluding carboxylic acids is 1. The van der Waals surface area contributed by atoms with Crippen LogP contribution in [0.25, 0.3) is 11.4 Å². The van der Waals surface area contributed by atoms with Gasteiger partial charge in [-0.1, -0.05) is 23.9 Å². The molecule has 23 heavy (non-hydrogen) atoms. The number of Topliss-reactive ketones (excluding diaryl/α,β-unsaturated/α-hetero) is 1. The van der Waals surface area contributed by atoms with Gasteiger partial charge in [0.25, 0.3) is 0 Å². The van der Waals surface area contributed by atoms with E-state index in [1.165, 1.54) is 13.0 Å². The van der Waals surface area contributed by atoms with E-state index in [-0.39, 0.29) is 22.8 Å². The Bertz CT molecular complexity index is 818. The first-order valence-electron chi connectivity index (χ1n) is 6.62. The van der Waals surface area contributed by atoms with Gasteiger partial charge in [-0.05, 0) is 19.1 Å². The number of carbonyl (C=O) groups is 1. The van der Waals surface area contributed by atoms with Crippen LogP contribution in [0.15, 0.2) is 40.7 Å². The van der Waals surface area contributed by atoms with Crippen molar-refractivity contribution in [3.05, 3.63) is 41.4 Å². The van der Waals surface area contributed by atoms with Gasteiger partial charge in [-0.15, -0.1) is 10.2 Å². The fourth-order valence-corrected chi connectivity index (χ4v) is 2.67. The highest BCUT2D eigenvalue weighted by Gasteiger charge is 2.17. The van der Waals surface area contributed by atoms with Crippen LogP contribution in [0.1, 0.15) is 6.92 Å². The second-order valence-corrected chi connectivity index (χ2v) is 5.67. The molecule has 8 heteroatoms. The van der Waals surface area contributed by atoms with Crippen LogP contribution in [0.5, 0.6) is 0 Å². The number of halogens is 1. The predicted octanol–water partition coefficient (Wildman–Crippen LogP) is 2.04. The highest BCUT2D eigenvalue weighted by atomic mass is 32.2. The van der Waals surface area contributed by atoms with Crippen molar-refractivity contribution in [1.82, 2.24) is 14.8 Å². The van der Waals surface area contributed by atoms with E-state index in [4.69, 9.17) is 11.0 Å². The van der Waals surface area contributed by atoms with Crippen LogP contribution in [0, 0.1) is 17.1 Å². The van der Waals surface area contributed by atoms with E-state index < -0.39 is 5.82 Å². The molecule has 2 rings (SSSR count). The summed E-state index contributed by atoms with van der Waals surface area (Å²) in [7, 11) is 1.68. The van der Waals surface area contributed by atoms with Gasteiger partial charge in [0.15, 0.2) is 16.8 Å². The summed E-state index contributed by atoms with van der Waals surface area (Å²) in [5.74, 6) is -0.415. The second-order valence-electron chi connectivity index (χ2n) is 4.73. The Morgan fingerprint density at radius 1 is 1.43 bits per heavy atom. The maximum Gasteiger partial charge on any atom is 0.191 e. The molecule has 0 saturated heterocycles. The SMILES string of the molecule is CC(N)=C(C#N)C(=O)CSc1nnc(-c2ccccc2F)n1C. The first-order valence-corrected chi connectivity index (χ1v) is 7.61. The van der Waals surface area contributed by atoms with Gasteiger partial charge in [-0.3, -0.25) is 4.79 Å². The molecule has 118 valence electrons. The third kappa shape index (κ3) is 3.57. The van der Waals surface area contributed by atoms with E-state index >= 15 is 0 Å². The minimum Gasteiger partial charge on any atom is -0.401 e. The van der Waals surface area contributed by atoms with Crippen molar-refractivity contribution in [3.8, 4) is 17.5 Å². The predicted molar refractivity (Wildman–Crippen MR) is 84.6 cm³/mol. The van der Waals surface area contributed by atoms with Crippen LogP contribution in [-0.4, -0.2) is 26.3 Å². The van der Waals surface area contributed by atoms with E-state index in [0.717, 1.165) is 11.8 Å². The molecule has 6 nitrogen and oxygen atoms in total. The highest BCUT2D eigenvalue weighted by molar-refractivity contribution is 7.99. The number of hydrogen-bond donors (Lipinski definition) is 1. The Hall–Kier alpha value is -2.66. The highest BCUT2D eigenvalue weighted by Crippen LogP contribution is 2.25. The van der Waals surface area contributed by atoms with E-state index in [1.54, 1.807) is 35.9 Å². The topological polar surface area (TPSA) is 97.6 Å². The van der Waals surface area contributed by atoms with Crippen molar-refractivity contribution >= 4 is 17.5 Å². The summed E-state index contributed by atoms with van der Waals surface area (Å²) >= 11 is 1.11. The first-order chi connectivity index (χ1) is 11.0. The van der Waals surface area contributed by atoms with E-state index in [9.17, 15) is 9.18 Å². The van der Waals surface area contributed by atoms with Gasteiger partial charge < -0.3 is 10.3 Å². The third-order valence-electron chi connectivity index (χ3n) is 3.07. The maximum absolute atomic E-state index is 13.8. The average Bonchev–Trinajstić information content (AvgIpc) is 2.87. The lowest BCUT2D eigenvalue weighted by molar-refractivity contribution is -0.112. The molecule has 0 atom stereocenters. The Kier molecular flexibility index (Phi) is 5.13. The lowest BCUT2D eigenvalue weighted by Crippen LogP contribution is -2.10. The standard InChI is InChI=1S/C15H14FN5OS/c1-9(18)11(7-17)13(22)8-23-15-20-19-14(21(15)2)10-5-3-4-6-12(10)16/h3-6H,8,18H2,1-2H3. The van der Waals surface area contributed by atoms with Crippen LogP contribution >= 0.6 is 11.8 Å². The first kappa shape index (κ1) is 16.7. The van der Waals surface area contributed by atoms with E-state index in [0.29, 0.717) is 16.5 Å². The molecule has 0 amide bonds. The number of rotatable bonds is 5. The quantitative estimate of drug-likeness (QED) is 0.511. The minimum absolute atomic E-state index is 0.000673. The number of ketones is 1. The molecule has 0 aliphatic carbocycles. The summed E-state index contributed by atoms with van der Waals surface area (Å²) in [5.41, 5.74) is 5.95. The van der Waals surface area contributed by atoms with Crippen molar-refractivity contribution in [1.29, 1.82) is 5.26 Å². The summed E-state index contributed by atoms with van der Waals surface area (Å²) in [6, 6.07) is 8.03. The minimum atomic E-state index is -0.399. The molecule has 0 bridgehead atoms. The largest absolute Gasteiger partial charge is 0.401 e. The molecule has 0 saturated carbocycles. The Labute approximate surface area is 136 Å². The van der Waals surface area contributed by atoms with Crippen LogP contribution in [-0.2, 0) is 11.8 Å². The lowest BCUT2D eigenvalue weighted by atomic mass is 10.2. The number of nitriles is 1. The van der Waals surface area contributed by atoms with Gasteiger partial charge >= 0.3 is 0 Å². The zero-order valence-electron chi connectivity index (χ0n) is 12.6. The van der Waals surface area contributed by atoms with Gasteiger partial charge in [0.2, 0.25) is 0 Å². The Morgan fingerprint density at radius 2 is 2.13 bits per heavy atom. The molecule has 0 radical (unpaired) electrons. The number of benzene rings is 1. The molecular weight excluding hydrogens is 317 g/mol. The van der Waals surface area contributed by atoms with Gasteiger partial charge in [0, 0.05) is 12.7 Å². The molecule has 0 unspecified atom stereocenters. The van der Waals surface area contributed by atoms with Crippen molar-refractivity contribution in [2.45, 2.75) is 12.1 Å². The molecule has 1 aromatic carbocycles. The van der Waals surface area contributed by atoms with Gasteiger partial charge in [-0.25, -0.2) is 4.39 Å². The zero-order valence-corrected chi connectivity index (χ0v) is 13.4. The van der Waals surface area contributed by atoms with Crippen LogP contribution in [0.4, 0.5) is 4.39 Å². The summed E-state index contributed by atoms with van der Waals surface area (Å²) < 4.78 is 15.4. The third-order valence-corrected chi connectivity index (χ3v) is 4.09. The van der Waals surface area contributed by atoms with Gasteiger partial charge in [0.1, 0.15) is 17.5 Å². The number of nitrogens with two attached hydrogens (primary N) is 1. The second kappa shape index (κ2) is 7.07. The number of aromatic nitrogens is 3. The van der Waals surface area contributed by atoms with Crippen molar-refractivity contribution in [2.24, 2.45) is 12.8 Å². The van der Waals surface area contributed by atoms with E-state index in [2.05, 4.69) is 10.2 Å². The summed E-state index contributed by atoms with van der Waals surface area (Å²) in [6.07, 6.45) is 0. The van der Waals surface area contributed by atoms with Crippen LogP contribution < -0.4 is 5.73 Å². The normalized spacial score (nSPS) is 11.7. The molecule has 0 aliphatic rings. The Balaban J connectivity index is 2.19. The summed E-state index contributed by atoms with van der Waals surface area (Å²) in [6.45, 7) is 1.50. The number of nitrogens with zero attached hydrogens (tertiary/aromatic N) is 4. The smallest absolute Gasteiger partial charge is 0.191 e. The molecular formula is C15H14FN5OS. The Morgan fingerprint density at radius 3 is 2.74 bits per heavy atom. The van der Waals surface area contributed by atoms with Gasteiger partial charge in [0.05, 0.1) is 11.3 Å². The molecule has 0 spiro atoms. The van der Waals surface area contributed by atoms with Crippen LogP contribution in [0.3, 0.4) is 0 Å². The van der Waals surface area contributed by atoms with E-state index in [1.807, 2.05) is 0 Å². The summed E-state index contributed by atoms with van der Waals surface area (Å²) in [4.78, 5) is 11.9. The average molecular weight is 331 g/mol. The molecule has 1 aromatic heterocycles.